The minimum atomic E-state index is -3.84. The Hall–Kier alpha value is -2.37. The van der Waals surface area contributed by atoms with Crippen LogP contribution in [0.3, 0.4) is 0 Å². The molecule has 0 spiro atoms. The predicted octanol–water partition coefficient (Wildman–Crippen LogP) is -0.463. The van der Waals surface area contributed by atoms with Crippen molar-refractivity contribution in [1.29, 1.82) is 0 Å². The summed E-state index contributed by atoms with van der Waals surface area (Å²) in [5.41, 5.74) is 0.581. The first kappa shape index (κ1) is 16.7. The van der Waals surface area contributed by atoms with Crippen LogP contribution in [-0.4, -0.2) is 38.5 Å². The van der Waals surface area contributed by atoms with Gasteiger partial charge in [-0.2, -0.15) is 4.72 Å². The van der Waals surface area contributed by atoms with E-state index in [-0.39, 0.29) is 17.3 Å². The summed E-state index contributed by atoms with van der Waals surface area (Å²) in [6.45, 7) is 0.904. The smallest absolute Gasteiger partial charge is 0.318 e. The van der Waals surface area contributed by atoms with Gasteiger partial charge in [-0.15, -0.1) is 0 Å². The Labute approximate surface area is 122 Å². The number of nitrogens with one attached hydrogen (secondary N) is 2. The lowest BCUT2D eigenvalue weighted by Crippen LogP contribution is -2.29. The molecule has 112 valence electrons. The zero-order valence-corrected chi connectivity index (χ0v) is 12.0. The van der Waals surface area contributed by atoms with Crippen LogP contribution < -0.4 is 10.0 Å². The maximum atomic E-state index is 11.7. The van der Waals surface area contributed by atoms with E-state index in [2.05, 4.69) is 17.2 Å². The van der Waals surface area contributed by atoms with E-state index in [1.54, 1.807) is 0 Å². The van der Waals surface area contributed by atoms with Crippen molar-refractivity contribution in [3.8, 4) is 11.8 Å². The van der Waals surface area contributed by atoms with E-state index in [1.165, 1.54) is 31.2 Å². The largest absolute Gasteiger partial charge is 0.480 e. The molecule has 0 aliphatic carbocycles. The van der Waals surface area contributed by atoms with Crippen LogP contribution in [0.25, 0.3) is 0 Å². The van der Waals surface area contributed by atoms with Crippen LogP contribution in [0.1, 0.15) is 12.5 Å². The second kappa shape index (κ2) is 7.42. The van der Waals surface area contributed by atoms with Crippen LogP contribution in [-0.2, 0) is 19.6 Å². The third kappa shape index (κ3) is 6.07. The SMILES string of the molecule is CC(=O)NCC#Cc1ccc(S(=O)(=O)NCC(=O)O)cc1. The molecule has 21 heavy (non-hydrogen) atoms. The third-order valence-electron chi connectivity index (χ3n) is 2.24. The molecular weight excluding hydrogens is 296 g/mol. The molecule has 7 nitrogen and oxygen atoms in total. The molecule has 0 aliphatic heterocycles. The van der Waals surface area contributed by atoms with Crippen molar-refractivity contribution in [1.82, 2.24) is 10.0 Å². The first-order valence-electron chi connectivity index (χ1n) is 5.86. The molecule has 0 aliphatic rings. The minimum absolute atomic E-state index is 0.0452. The van der Waals surface area contributed by atoms with Crippen LogP contribution in [0.5, 0.6) is 0 Å². The number of hydrogen-bond acceptors (Lipinski definition) is 4. The van der Waals surface area contributed by atoms with Crippen LogP contribution in [0, 0.1) is 11.8 Å². The van der Waals surface area contributed by atoms with Gasteiger partial charge in [-0.1, -0.05) is 11.8 Å². The monoisotopic (exact) mass is 310 g/mol. The number of sulfonamides is 1. The summed E-state index contributed by atoms with van der Waals surface area (Å²) in [5.74, 6) is 4.01. The Morgan fingerprint density at radius 1 is 1.24 bits per heavy atom. The summed E-state index contributed by atoms with van der Waals surface area (Å²) in [4.78, 5) is 20.9. The molecule has 1 aromatic carbocycles. The minimum Gasteiger partial charge on any atom is -0.480 e. The molecule has 8 heteroatoms. The van der Waals surface area contributed by atoms with Gasteiger partial charge in [0.25, 0.3) is 0 Å². The summed E-state index contributed by atoms with van der Waals surface area (Å²) < 4.78 is 25.4. The maximum Gasteiger partial charge on any atom is 0.318 e. The van der Waals surface area contributed by atoms with Crippen LogP contribution in [0.15, 0.2) is 29.2 Å². The lowest BCUT2D eigenvalue weighted by atomic mass is 10.2. The Kier molecular flexibility index (Phi) is 5.90. The van der Waals surface area contributed by atoms with Crippen molar-refractivity contribution >= 4 is 21.9 Å². The fraction of sp³-hybridized carbons (Fsp3) is 0.231. The lowest BCUT2D eigenvalue weighted by molar-refractivity contribution is -0.135. The average Bonchev–Trinajstić information content (AvgIpc) is 2.42. The zero-order valence-electron chi connectivity index (χ0n) is 11.2. The van der Waals surface area contributed by atoms with Crippen molar-refractivity contribution in [2.24, 2.45) is 0 Å². The predicted molar refractivity (Wildman–Crippen MR) is 74.8 cm³/mol. The van der Waals surface area contributed by atoms with Crippen molar-refractivity contribution in [3.63, 3.8) is 0 Å². The van der Waals surface area contributed by atoms with Crippen LogP contribution >= 0.6 is 0 Å². The van der Waals surface area contributed by atoms with E-state index in [0.29, 0.717) is 5.56 Å². The van der Waals surface area contributed by atoms with Gasteiger partial charge in [0, 0.05) is 12.5 Å². The molecule has 0 radical (unpaired) electrons. The van der Waals surface area contributed by atoms with Gasteiger partial charge >= 0.3 is 5.97 Å². The number of aliphatic carboxylic acids is 1. The number of carbonyl (C=O) groups excluding carboxylic acids is 1. The van der Waals surface area contributed by atoms with Crippen LogP contribution in [0.2, 0.25) is 0 Å². The van der Waals surface area contributed by atoms with E-state index in [4.69, 9.17) is 5.11 Å². The number of amides is 1. The van der Waals surface area contributed by atoms with Gasteiger partial charge in [0.15, 0.2) is 0 Å². The molecule has 0 saturated heterocycles. The van der Waals surface area contributed by atoms with Crippen molar-refractivity contribution < 1.29 is 23.1 Å². The van der Waals surface area contributed by atoms with E-state index in [0.717, 1.165) is 0 Å². The quantitative estimate of drug-likeness (QED) is 0.637. The maximum absolute atomic E-state index is 11.7. The first-order valence-corrected chi connectivity index (χ1v) is 7.34. The van der Waals surface area contributed by atoms with Gasteiger partial charge in [0.1, 0.15) is 6.54 Å². The van der Waals surface area contributed by atoms with E-state index >= 15 is 0 Å². The Bertz CT molecular complexity index is 684. The number of hydrogen-bond donors (Lipinski definition) is 3. The van der Waals surface area contributed by atoms with E-state index < -0.39 is 22.5 Å². The highest BCUT2D eigenvalue weighted by molar-refractivity contribution is 7.89. The fourth-order valence-corrected chi connectivity index (χ4v) is 2.25. The fourth-order valence-electron chi connectivity index (χ4n) is 1.27. The zero-order chi connectivity index (χ0) is 15.9. The van der Waals surface area contributed by atoms with Gasteiger partial charge in [-0.3, -0.25) is 9.59 Å². The Balaban J connectivity index is 2.73. The molecule has 0 aromatic heterocycles. The molecule has 0 fully saturated rings. The summed E-state index contributed by atoms with van der Waals surface area (Å²) in [6.07, 6.45) is 0. The molecule has 1 rings (SSSR count). The van der Waals surface area contributed by atoms with Gasteiger partial charge in [-0.25, -0.2) is 8.42 Å². The first-order chi connectivity index (χ1) is 9.81. The molecule has 0 bridgehead atoms. The number of carboxylic acids is 1. The highest BCUT2D eigenvalue weighted by Gasteiger charge is 2.14. The van der Waals surface area contributed by atoms with Crippen LogP contribution in [0.4, 0.5) is 0 Å². The van der Waals surface area contributed by atoms with Crippen molar-refractivity contribution in [2.45, 2.75) is 11.8 Å². The van der Waals surface area contributed by atoms with Gasteiger partial charge in [-0.05, 0) is 24.3 Å². The number of rotatable bonds is 5. The van der Waals surface area contributed by atoms with Gasteiger partial charge < -0.3 is 10.4 Å². The number of carboxylic acid groups (broad SMARTS) is 1. The highest BCUT2D eigenvalue weighted by Crippen LogP contribution is 2.09. The molecule has 0 unspecified atom stereocenters. The number of carbonyl (C=O) groups is 2. The molecule has 0 atom stereocenters. The summed E-state index contributed by atoms with van der Waals surface area (Å²) in [6, 6.07) is 5.64. The summed E-state index contributed by atoms with van der Waals surface area (Å²) in [7, 11) is -3.84. The van der Waals surface area contributed by atoms with Crippen molar-refractivity contribution in [2.75, 3.05) is 13.1 Å². The van der Waals surface area contributed by atoms with Crippen molar-refractivity contribution in [3.05, 3.63) is 29.8 Å². The molecular formula is C13H14N2O5S. The molecule has 3 N–H and O–H groups in total. The third-order valence-corrected chi connectivity index (χ3v) is 3.65. The van der Waals surface area contributed by atoms with E-state index in [1.807, 2.05) is 4.72 Å². The highest BCUT2D eigenvalue weighted by atomic mass is 32.2. The Morgan fingerprint density at radius 3 is 2.38 bits per heavy atom. The van der Waals surface area contributed by atoms with E-state index in [9.17, 15) is 18.0 Å². The van der Waals surface area contributed by atoms with Gasteiger partial charge in [0.05, 0.1) is 11.4 Å². The second-order valence-corrected chi connectivity index (χ2v) is 5.72. The standard InChI is InChI=1S/C13H14N2O5S/c1-10(16)14-8-2-3-11-4-6-12(7-5-11)21(19,20)15-9-13(17)18/h4-7,15H,8-9H2,1H3,(H,14,16)(H,17,18). The number of benzene rings is 1. The average molecular weight is 310 g/mol. The Morgan fingerprint density at radius 2 is 1.86 bits per heavy atom. The molecule has 0 saturated carbocycles. The molecule has 1 aromatic rings. The second-order valence-electron chi connectivity index (χ2n) is 3.95. The topological polar surface area (TPSA) is 113 Å². The normalized spacial score (nSPS) is 10.3. The molecule has 1 amide bonds. The van der Waals surface area contributed by atoms with Gasteiger partial charge in [0.2, 0.25) is 15.9 Å². The summed E-state index contributed by atoms with van der Waals surface area (Å²) >= 11 is 0. The lowest BCUT2D eigenvalue weighted by Gasteiger charge is -2.04. The molecule has 0 heterocycles. The summed E-state index contributed by atoms with van der Waals surface area (Å²) in [5, 5.41) is 11.0.